The lowest BCUT2D eigenvalue weighted by Gasteiger charge is -2.16. The fourth-order valence-electron chi connectivity index (χ4n) is 3.12. The summed E-state index contributed by atoms with van der Waals surface area (Å²) in [6, 6.07) is 5.16. The average Bonchev–Trinajstić information content (AvgIpc) is 3.22. The zero-order valence-corrected chi connectivity index (χ0v) is 15.2. The van der Waals surface area contributed by atoms with E-state index in [1.54, 1.807) is 12.1 Å². The standard InChI is InChI=1S/C18H25N3O3S/c1-13-8-9-15-16(11-13)25(23,24)21-17(22)18(19)12-14(18)7-5-3-2-4-6-10-20-15/h5,7-9,11,14,20H,2-4,6,10,12,19H2,1H3,(H,21,22)/t14-,18-/m1/s1. The smallest absolute Gasteiger partial charge is 0.266 e. The Labute approximate surface area is 148 Å². The highest BCUT2D eigenvalue weighted by Crippen LogP contribution is 2.42. The first-order valence-electron chi connectivity index (χ1n) is 8.70. The van der Waals surface area contributed by atoms with E-state index in [2.05, 4.69) is 10.0 Å². The number of fused-ring (bicyclic) bond motifs is 2. The third kappa shape index (κ3) is 3.88. The summed E-state index contributed by atoms with van der Waals surface area (Å²) in [6.07, 6.45) is 8.49. The van der Waals surface area contributed by atoms with Crippen LogP contribution in [-0.2, 0) is 14.8 Å². The van der Waals surface area contributed by atoms with Crippen molar-refractivity contribution in [2.45, 2.75) is 49.5 Å². The van der Waals surface area contributed by atoms with Crippen molar-refractivity contribution < 1.29 is 13.2 Å². The van der Waals surface area contributed by atoms with Crippen molar-refractivity contribution in [3.63, 3.8) is 0 Å². The predicted molar refractivity (Wildman–Crippen MR) is 97.6 cm³/mol. The van der Waals surface area contributed by atoms with Crippen molar-refractivity contribution in [2.24, 2.45) is 11.7 Å². The average molecular weight is 363 g/mol. The van der Waals surface area contributed by atoms with Crippen molar-refractivity contribution in [3.05, 3.63) is 35.9 Å². The molecule has 136 valence electrons. The third-order valence-electron chi connectivity index (χ3n) is 4.87. The fourth-order valence-corrected chi connectivity index (χ4v) is 4.44. The van der Waals surface area contributed by atoms with Gasteiger partial charge < -0.3 is 11.1 Å². The number of sulfonamides is 1. The Morgan fingerprint density at radius 3 is 2.84 bits per heavy atom. The summed E-state index contributed by atoms with van der Waals surface area (Å²) in [4.78, 5) is 12.5. The highest BCUT2D eigenvalue weighted by Gasteiger charge is 2.56. The number of allylic oxidation sites excluding steroid dienone is 1. The molecule has 2 atom stereocenters. The molecule has 6 nitrogen and oxygen atoms in total. The fraction of sp³-hybridized carbons (Fsp3) is 0.500. The lowest BCUT2D eigenvalue weighted by atomic mass is 10.1. The molecular weight excluding hydrogens is 338 g/mol. The van der Waals surface area contributed by atoms with Gasteiger partial charge in [0.2, 0.25) is 0 Å². The van der Waals surface area contributed by atoms with Crippen molar-refractivity contribution in [2.75, 3.05) is 11.9 Å². The molecule has 0 unspecified atom stereocenters. The minimum atomic E-state index is -3.98. The van der Waals surface area contributed by atoms with E-state index in [0.717, 1.165) is 31.2 Å². The molecule has 7 heteroatoms. The van der Waals surface area contributed by atoms with E-state index in [4.69, 9.17) is 5.73 Å². The van der Waals surface area contributed by atoms with E-state index in [-0.39, 0.29) is 10.8 Å². The second-order valence-corrected chi connectivity index (χ2v) is 8.64. The molecule has 1 aromatic carbocycles. The number of anilines is 1. The van der Waals surface area contributed by atoms with Gasteiger partial charge in [-0.25, -0.2) is 13.1 Å². The molecule has 0 saturated heterocycles. The maximum Gasteiger partial charge on any atom is 0.266 e. The second kappa shape index (κ2) is 6.80. The summed E-state index contributed by atoms with van der Waals surface area (Å²) in [7, 11) is -3.98. The number of carbonyl (C=O) groups excluding carboxylic acids is 1. The molecular formula is C18H25N3O3S. The summed E-state index contributed by atoms with van der Waals surface area (Å²) in [5.74, 6) is -0.729. The van der Waals surface area contributed by atoms with Gasteiger partial charge in [0.15, 0.2) is 0 Å². The van der Waals surface area contributed by atoms with E-state index < -0.39 is 21.5 Å². The van der Waals surface area contributed by atoms with E-state index in [1.807, 2.05) is 25.1 Å². The molecule has 0 bridgehead atoms. The summed E-state index contributed by atoms with van der Waals surface area (Å²) < 4.78 is 27.7. The van der Waals surface area contributed by atoms with E-state index in [9.17, 15) is 13.2 Å². The van der Waals surface area contributed by atoms with Crippen molar-refractivity contribution in [3.8, 4) is 0 Å². The Morgan fingerprint density at radius 2 is 2.04 bits per heavy atom. The summed E-state index contributed by atoms with van der Waals surface area (Å²) in [6.45, 7) is 2.51. The topological polar surface area (TPSA) is 101 Å². The first kappa shape index (κ1) is 17.9. The van der Waals surface area contributed by atoms with Crippen LogP contribution in [0.3, 0.4) is 0 Å². The Morgan fingerprint density at radius 1 is 1.24 bits per heavy atom. The quantitative estimate of drug-likeness (QED) is 0.613. The first-order chi connectivity index (χ1) is 11.8. The molecule has 1 aliphatic heterocycles. The van der Waals surface area contributed by atoms with Crippen LogP contribution in [0.4, 0.5) is 5.69 Å². The molecule has 1 saturated carbocycles. The SMILES string of the molecule is Cc1ccc2c(c1)S(=O)(=O)NC(=O)[C@@]1(N)C[C@H]1C=CCCCCCN2. The van der Waals surface area contributed by atoms with Crippen LogP contribution in [0, 0.1) is 12.8 Å². The number of hydrogen-bond donors (Lipinski definition) is 3. The predicted octanol–water partition coefficient (Wildman–Crippen LogP) is 2.06. The second-order valence-electron chi connectivity index (χ2n) is 6.99. The third-order valence-corrected chi connectivity index (χ3v) is 6.24. The van der Waals surface area contributed by atoms with Gasteiger partial charge in [-0.3, -0.25) is 4.79 Å². The molecule has 0 spiro atoms. The molecule has 1 amide bonds. The van der Waals surface area contributed by atoms with Crippen molar-refractivity contribution in [1.82, 2.24) is 4.72 Å². The number of nitrogens with one attached hydrogen (secondary N) is 2. The van der Waals surface area contributed by atoms with Gasteiger partial charge >= 0.3 is 0 Å². The lowest BCUT2D eigenvalue weighted by molar-refractivity contribution is -0.121. The van der Waals surface area contributed by atoms with Gasteiger partial charge in [0.25, 0.3) is 15.9 Å². The molecule has 1 heterocycles. The molecule has 0 aromatic heterocycles. The number of nitrogens with two attached hydrogens (primary N) is 1. The van der Waals surface area contributed by atoms with Gasteiger partial charge in [-0.1, -0.05) is 24.6 Å². The maximum atomic E-state index is 12.8. The van der Waals surface area contributed by atoms with Crippen LogP contribution >= 0.6 is 0 Å². The number of hydrogen-bond acceptors (Lipinski definition) is 5. The highest BCUT2D eigenvalue weighted by atomic mass is 32.2. The number of amides is 1. The largest absolute Gasteiger partial charge is 0.384 e. The van der Waals surface area contributed by atoms with Crippen LogP contribution in [0.2, 0.25) is 0 Å². The Balaban J connectivity index is 1.92. The molecule has 1 fully saturated rings. The molecule has 2 aliphatic rings. The van der Waals surface area contributed by atoms with Crippen molar-refractivity contribution >= 4 is 21.6 Å². The lowest BCUT2D eigenvalue weighted by Crippen LogP contribution is -2.46. The molecule has 1 aromatic rings. The Kier molecular flexibility index (Phi) is 4.88. The van der Waals surface area contributed by atoms with Gasteiger partial charge in [0, 0.05) is 12.5 Å². The van der Waals surface area contributed by atoms with Crippen LogP contribution < -0.4 is 15.8 Å². The number of carbonyl (C=O) groups is 1. The van der Waals surface area contributed by atoms with Crippen molar-refractivity contribution in [1.29, 1.82) is 0 Å². The van der Waals surface area contributed by atoms with E-state index in [1.165, 1.54) is 0 Å². The summed E-state index contributed by atoms with van der Waals surface area (Å²) in [5.41, 5.74) is 6.30. The van der Waals surface area contributed by atoms with Gasteiger partial charge in [0.1, 0.15) is 10.4 Å². The minimum Gasteiger partial charge on any atom is -0.384 e. The van der Waals surface area contributed by atoms with Crippen LogP contribution in [0.1, 0.15) is 37.7 Å². The van der Waals surface area contributed by atoms with E-state index >= 15 is 0 Å². The van der Waals surface area contributed by atoms with Gasteiger partial charge in [-0.2, -0.15) is 0 Å². The number of aryl methyl sites for hydroxylation is 1. The van der Waals surface area contributed by atoms with Gasteiger partial charge in [-0.15, -0.1) is 0 Å². The highest BCUT2D eigenvalue weighted by molar-refractivity contribution is 7.90. The van der Waals surface area contributed by atoms with E-state index in [0.29, 0.717) is 18.7 Å². The van der Waals surface area contributed by atoms with Crippen LogP contribution in [-0.4, -0.2) is 26.4 Å². The Bertz CT molecular complexity index is 804. The number of rotatable bonds is 0. The zero-order valence-electron chi connectivity index (χ0n) is 14.4. The molecule has 3 rings (SSSR count). The Hall–Kier alpha value is -1.86. The number of benzene rings is 1. The van der Waals surface area contributed by atoms with Crippen LogP contribution in [0.5, 0.6) is 0 Å². The summed E-state index contributed by atoms with van der Waals surface area (Å²) in [5, 5.41) is 3.18. The monoisotopic (exact) mass is 363 g/mol. The van der Waals surface area contributed by atoms with Crippen LogP contribution in [0.15, 0.2) is 35.2 Å². The van der Waals surface area contributed by atoms with Gasteiger partial charge in [0.05, 0.1) is 5.69 Å². The molecule has 25 heavy (non-hydrogen) atoms. The maximum absolute atomic E-state index is 12.8. The van der Waals surface area contributed by atoms with Crippen LogP contribution in [0.25, 0.3) is 0 Å². The normalized spacial score (nSPS) is 29.2. The molecule has 4 N–H and O–H groups in total. The minimum absolute atomic E-state index is 0.0899. The molecule has 1 aliphatic carbocycles. The van der Waals surface area contributed by atoms with Gasteiger partial charge in [-0.05, 0) is 50.3 Å². The summed E-state index contributed by atoms with van der Waals surface area (Å²) >= 11 is 0. The molecule has 0 radical (unpaired) electrons. The first-order valence-corrected chi connectivity index (χ1v) is 10.2. The zero-order chi connectivity index (χ0) is 18.1.